The van der Waals surface area contributed by atoms with Gasteiger partial charge < -0.3 is 13.8 Å². The van der Waals surface area contributed by atoms with E-state index in [4.69, 9.17) is 4.42 Å². The number of benzene rings is 6. The van der Waals surface area contributed by atoms with Gasteiger partial charge in [0.25, 0.3) is 0 Å². The van der Waals surface area contributed by atoms with E-state index in [-0.39, 0.29) is 39.3 Å². The van der Waals surface area contributed by atoms with Gasteiger partial charge in [0.2, 0.25) is 0 Å². The average Bonchev–Trinajstić information content (AvgIpc) is 3.95. The summed E-state index contributed by atoms with van der Waals surface area (Å²) in [7, 11) is 0. The van der Waals surface area contributed by atoms with Crippen LogP contribution in [0.25, 0.3) is 69.8 Å². The number of rotatable bonds is 1. The lowest BCUT2D eigenvalue weighted by molar-refractivity contribution is 0.332. The molecule has 0 saturated heterocycles. The number of hydrogen-bond acceptors (Lipinski definition) is 3. The van der Waals surface area contributed by atoms with Crippen molar-refractivity contribution in [2.75, 3.05) is 4.81 Å². The van der Waals surface area contributed by atoms with E-state index in [1.807, 2.05) is 11.3 Å². The van der Waals surface area contributed by atoms with Crippen molar-refractivity contribution in [2.24, 2.45) is 0 Å². The van der Waals surface area contributed by atoms with Crippen LogP contribution in [0.15, 0.2) is 95.4 Å². The van der Waals surface area contributed by atoms with Gasteiger partial charge in [-0.3, -0.25) is 0 Å². The van der Waals surface area contributed by atoms with Crippen LogP contribution in [0.2, 0.25) is 0 Å². The summed E-state index contributed by atoms with van der Waals surface area (Å²) in [4.78, 5) is 2.71. The van der Waals surface area contributed by atoms with E-state index in [2.05, 4.69) is 197 Å². The smallest absolute Gasteiger partial charge is 0.375 e. The molecule has 0 amide bonds. The monoisotopic (exact) mass is 896 g/mol. The molecule has 3 nitrogen and oxygen atoms in total. The second-order valence-electron chi connectivity index (χ2n) is 25.9. The number of fused-ring (bicyclic) bond motifs is 17. The van der Waals surface area contributed by atoms with Crippen molar-refractivity contribution in [3.8, 4) is 16.8 Å². The molecule has 0 saturated carbocycles. The summed E-state index contributed by atoms with van der Waals surface area (Å²) < 4.78 is 13.1. The summed E-state index contributed by atoms with van der Waals surface area (Å²) in [6, 6.07) is 36.5. The molecule has 0 spiro atoms. The zero-order valence-electron chi connectivity index (χ0n) is 42.3. The highest BCUT2D eigenvalue weighted by atomic mass is 32.1. The van der Waals surface area contributed by atoms with Crippen LogP contribution < -0.4 is 15.9 Å². The highest BCUT2D eigenvalue weighted by molar-refractivity contribution is 7.27. The fourth-order valence-electron chi connectivity index (χ4n) is 13.2. The molecular formula is C62H65BN2OS. The lowest BCUT2D eigenvalue weighted by Gasteiger charge is -2.46. The van der Waals surface area contributed by atoms with Gasteiger partial charge in [0.15, 0.2) is 0 Å². The number of hydrogen-bond donors (Lipinski definition) is 0. The molecular weight excluding hydrogens is 832 g/mol. The third-order valence-corrected chi connectivity index (χ3v) is 18.8. The van der Waals surface area contributed by atoms with Gasteiger partial charge in [-0.25, -0.2) is 0 Å². The van der Waals surface area contributed by atoms with Crippen molar-refractivity contribution >= 4 is 93.6 Å². The fourth-order valence-corrected chi connectivity index (χ4v) is 14.5. The molecule has 2 aliphatic heterocycles. The summed E-state index contributed by atoms with van der Waals surface area (Å²) in [5.41, 5.74) is 21.3. The molecule has 3 aromatic heterocycles. The largest absolute Gasteiger partial charge is 0.466 e. The first-order chi connectivity index (χ1) is 31.5. The van der Waals surface area contributed by atoms with E-state index in [1.54, 1.807) is 0 Å². The van der Waals surface area contributed by atoms with Gasteiger partial charge in [-0.15, -0.1) is 11.3 Å². The lowest BCUT2D eigenvalue weighted by atomic mass is 9.46. The first-order valence-corrected chi connectivity index (χ1v) is 25.9. The molecule has 13 rings (SSSR count). The van der Waals surface area contributed by atoms with Crippen molar-refractivity contribution in [3.05, 3.63) is 124 Å². The molecule has 4 aliphatic rings. The van der Waals surface area contributed by atoms with Crippen molar-refractivity contribution < 1.29 is 4.42 Å². The third kappa shape index (κ3) is 5.53. The van der Waals surface area contributed by atoms with Crippen LogP contribution in [0.3, 0.4) is 0 Å². The van der Waals surface area contributed by atoms with E-state index in [0.29, 0.717) is 0 Å². The fraction of sp³-hybridized carbons (Fsp3) is 0.387. The second-order valence-corrected chi connectivity index (χ2v) is 26.9. The van der Waals surface area contributed by atoms with E-state index in [9.17, 15) is 0 Å². The highest BCUT2D eigenvalue weighted by Gasteiger charge is 2.51. The predicted octanol–water partition coefficient (Wildman–Crippen LogP) is 16.4. The molecule has 6 aromatic carbocycles. The first kappa shape index (κ1) is 41.9. The van der Waals surface area contributed by atoms with Crippen LogP contribution >= 0.6 is 11.3 Å². The van der Waals surface area contributed by atoms with Gasteiger partial charge >= 0.3 is 6.85 Å². The van der Waals surface area contributed by atoms with Gasteiger partial charge in [-0.05, 0) is 157 Å². The Bertz CT molecular complexity index is 3660. The Balaban J connectivity index is 1.30. The normalized spacial score (nSPS) is 18.8. The first-order valence-electron chi connectivity index (χ1n) is 25.1. The van der Waals surface area contributed by atoms with Gasteiger partial charge in [-0.1, -0.05) is 133 Å². The Morgan fingerprint density at radius 2 is 1.16 bits per heavy atom. The molecule has 0 N–H and O–H groups in total. The predicted molar refractivity (Wildman–Crippen MR) is 290 cm³/mol. The molecule has 0 fully saturated rings. The Morgan fingerprint density at radius 3 is 1.81 bits per heavy atom. The second kappa shape index (κ2) is 12.9. The van der Waals surface area contributed by atoms with Gasteiger partial charge in [0, 0.05) is 53.3 Å². The molecule has 0 unspecified atom stereocenters. The molecule has 0 radical (unpaired) electrons. The van der Waals surface area contributed by atoms with Crippen molar-refractivity contribution in [2.45, 2.75) is 155 Å². The standard InChI is InChI=1S/C62H65BN2OS/c1-57(2,3)34-19-22-36(23-20-34)65-46-33-44-42(60(9,10)26-28-62(44,13)14)31-39(46)49-50-37-17-15-16-18-48(37)67-55(50)51-38-30-41-43(61(11,12)27-25-59(41,7)8)32-45(38)64-53-40-29-35(58(4,5)6)21-24-47(40)66-56(53)63(65)52(49)54(51)64/h15-24,29-33H,25-28H2,1-14H3. The Hall–Kier alpha value is -5.26. The zero-order valence-corrected chi connectivity index (χ0v) is 43.1. The molecule has 5 heteroatoms. The van der Waals surface area contributed by atoms with Crippen LogP contribution in [0, 0.1) is 0 Å². The molecule has 67 heavy (non-hydrogen) atoms. The summed E-state index contributed by atoms with van der Waals surface area (Å²) >= 11 is 2.00. The topological polar surface area (TPSA) is 21.3 Å². The number of nitrogens with zero attached hydrogens (tertiary/aromatic N) is 2. The van der Waals surface area contributed by atoms with Crippen LogP contribution in [0.1, 0.15) is 156 Å². The average molecular weight is 897 g/mol. The summed E-state index contributed by atoms with van der Waals surface area (Å²) in [5.74, 6) is 0. The summed E-state index contributed by atoms with van der Waals surface area (Å²) in [6.07, 6.45) is 4.67. The minimum Gasteiger partial charge on any atom is -0.466 e. The van der Waals surface area contributed by atoms with E-state index in [0.717, 1.165) is 17.7 Å². The SMILES string of the molecule is CC(C)(C)c1ccc(N2B3c4oc5ccc(C(C)(C)C)cc5c4-n4c5cc6c(cc5c5c7sc8ccccc8c7c(c3c54)-c3cc4c(cc32)C(C)(C)CCC4(C)C)C(C)(C)CCC6(C)C)cc1. The van der Waals surface area contributed by atoms with E-state index in [1.165, 1.54) is 134 Å². The van der Waals surface area contributed by atoms with Crippen LogP contribution in [0.5, 0.6) is 0 Å². The highest BCUT2D eigenvalue weighted by Crippen LogP contribution is 2.58. The third-order valence-electron chi connectivity index (χ3n) is 17.6. The van der Waals surface area contributed by atoms with Crippen LogP contribution in [0.4, 0.5) is 11.4 Å². The van der Waals surface area contributed by atoms with Crippen molar-refractivity contribution in [3.63, 3.8) is 0 Å². The van der Waals surface area contributed by atoms with Gasteiger partial charge in [0.05, 0.1) is 16.7 Å². The number of aromatic nitrogens is 1. The Kier molecular flexibility index (Phi) is 8.05. The molecule has 0 bridgehead atoms. The maximum atomic E-state index is 7.60. The maximum Gasteiger partial charge on any atom is 0.375 e. The Labute approximate surface area is 401 Å². The molecule has 5 heterocycles. The molecule has 0 atom stereocenters. The molecule has 2 aliphatic carbocycles. The summed E-state index contributed by atoms with van der Waals surface area (Å²) in [5, 5.41) is 6.72. The number of anilines is 2. The van der Waals surface area contributed by atoms with Gasteiger partial charge in [-0.2, -0.15) is 0 Å². The van der Waals surface area contributed by atoms with Crippen molar-refractivity contribution in [1.29, 1.82) is 0 Å². The maximum absolute atomic E-state index is 7.60. The number of thiophene rings is 1. The molecule has 338 valence electrons. The molecule has 9 aromatic rings. The number of furan rings is 1. The van der Waals surface area contributed by atoms with Crippen molar-refractivity contribution in [1.82, 2.24) is 4.57 Å². The zero-order chi connectivity index (χ0) is 46.9. The van der Waals surface area contributed by atoms with E-state index < -0.39 is 0 Å². The van der Waals surface area contributed by atoms with E-state index >= 15 is 0 Å². The quantitative estimate of drug-likeness (QED) is 0.153. The summed E-state index contributed by atoms with van der Waals surface area (Å²) in [6.45, 7) is 33.6. The minimum atomic E-state index is -0.217. The lowest BCUT2D eigenvalue weighted by Crippen LogP contribution is -2.60. The minimum absolute atomic E-state index is 0.0299. The Morgan fingerprint density at radius 1 is 0.582 bits per heavy atom. The van der Waals surface area contributed by atoms with Crippen LogP contribution in [-0.2, 0) is 32.5 Å². The van der Waals surface area contributed by atoms with Gasteiger partial charge in [0.1, 0.15) is 11.2 Å². The van der Waals surface area contributed by atoms with Crippen LogP contribution in [-0.4, -0.2) is 11.4 Å².